The first-order valence-electron chi connectivity index (χ1n) is 5.08. The molecule has 2 rings (SSSR count). The third kappa shape index (κ3) is 2.21. The van der Waals surface area contributed by atoms with Crippen LogP contribution in [0.5, 0.6) is 0 Å². The average molecular weight is 271 g/mol. The minimum Gasteiger partial charge on any atom is -0.461 e. The Labute approximate surface area is 108 Å². The summed E-state index contributed by atoms with van der Waals surface area (Å²) in [6.45, 7) is 2.07. The van der Waals surface area contributed by atoms with E-state index in [0.717, 1.165) is 4.88 Å². The van der Waals surface area contributed by atoms with Crippen LogP contribution in [0.4, 0.5) is 0 Å². The van der Waals surface area contributed by atoms with Gasteiger partial charge < -0.3 is 4.74 Å². The van der Waals surface area contributed by atoms with E-state index in [4.69, 9.17) is 16.3 Å². The van der Waals surface area contributed by atoms with Gasteiger partial charge in [-0.05, 0) is 18.4 Å². The zero-order valence-corrected chi connectivity index (χ0v) is 11.0. The van der Waals surface area contributed by atoms with Gasteiger partial charge in [0.2, 0.25) is 0 Å². The van der Waals surface area contributed by atoms with Crippen molar-refractivity contribution in [1.29, 1.82) is 0 Å². The maximum Gasteiger partial charge on any atom is 0.358 e. The van der Waals surface area contributed by atoms with E-state index in [1.807, 2.05) is 17.5 Å². The van der Waals surface area contributed by atoms with Gasteiger partial charge in [0.1, 0.15) is 10.7 Å². The summed E-state index contributed by atoms with van der Waals surface area (Å²) in [4.78, 5) is 12.6. The number of carbonyl (C=O) groups is 1. The highest BCUT2D eigenvalue weighted by Gasteiger charge is 2.22. The second-order valence-electron chi connectivity index (χ2n) is 3.33. The van der Waals surface area contributed by atoms with Crippen molar-refractivity contribution in [3.63, 3.8) is 0 Å². The standard InChI is InChI=1S/C11H11ClN2O2S/c1-3-16-11(15)10-8(12)9(13-14(10)2)7-5-4-6-17-7/h4-6H,3H2,1-2H3. The van der Waals surface area contributed by atoms with Gasteiger partial charge in [-0.15, -0.1) is 11.3 Å². The average Bonchev–Trinajstić information content (AvgIpc) is 2.87. The van der Waals surface area contributed by atoms with Crippen molar-refractivity contribution in [2.24, 2.45) is 7.05 Å². The van der Waals surface area contributed by atoms with Gasteiger partial charge in [0.25, 0.3) is 0 Å². The molecule has 2 aromatic heterocycles. The van der Waals surface area contributed by atoms with E-state index in [9.17, 15) is 4.79 Å². The number of halogens is 1. The number of esters is 1. The normalized spacial score (nSPS) is 10.5. The minimum atomic E-state index is -0.449. The van der Waals surface area contributed by atoms with Gasteiger partial charge in [-0.1, -0.05) is 17.7 Å². The van der Waals surface area contributed by atoms with Crippen LogP contribution >= 0.6 is 22.9 Å². The summed E-state index contributed by atoms with van der Waals surface area (Å²) >= 11 is 7.70. The van der Waals surface area contributed by atoms with Crippen molar-refractivity contribution in [3.05, 3.63) is 28.2 Å². The summed E-state index contributed by atoms with van der Waals surface area (Å²) in [6, 6.07) is 3.82. The Morgan fingerprint density at radius 2 is 2.41 bits per heavy atom. The lowest BCUT2D eigenvalue weighted by molar-refractivity contribution is 0.0514. The van der Waals surface area contributed by atoms with Crippen LogP contribution in [0, 0.1) is 0 Å². The summed E-state index contributed by atoms with van der Waals surface area (Å²) < 4.78 is 6.39. The first-order valence-corrected chi connectivity index (χ1v) is 6.34. The fourth-order valence-electron chi connectivity index (χ4n) is 1.49. The molecule has 4 nitrogen and oxygen atoms in total. The molecule has 0 aliphatic carbocycles. The number of carbonyl (C=O) groups excluding carboxylic acids is 1. The molecule has 0 unspecified atom stereocenters. The smallest absolute Gasteiger partial charge is 0.358 e. The Morgan fingerprint density at radius 1 is 1.65 bits per heavy atom. The first-order chi connectivity index (χ1) is 8.15. The van der Waals surface area contributed by atoms with E-state index < -0.39 is 5.97 Å². The SMILES string of the molecule is CCOC(=O)c1c(Cl)c(-c2cccs2)nn1C. The molecular formula is C11H11ClN2O2S. The predicted octanol–water partition coefficient (Wildman–Crippen LogP) is 2.98. The van der Waals surface area contributed by atoms with E-state index in [1.54, 1.807) is 14.0 Å². The highest BCUT2D eigenvalue weighted by Crippen LogP contribution is 2.32. The molecule has 0 saturated heterocycles. The maximum absolute atomic E-state index is 11.7. The van der Waals surface area contributed by atoms with Gasteiger partial charge in [-0.25, -0.2) is 4.79 Å². The third-order valence-corrected chi connectivity index (χ3v) is 3.45. The van der Waals surface area contributed by atoms with Crippen molar-refractivity contribution < 1.29 is 9.53 Å². The van der Waals surface area contributed by atoms with E-state index in [2.05, 4.69) is 5.10 Å². The zero-order valence-electron chi connectivity index (χ0n) is 9.44. The van der Waals surface area contributed by atoms with Gasteiger partial charge >= 0.3 is 5.97 Å². The van der Waals surface area contributed by atoms with Crippen molar-refractivity contribution in [3.8, 4) is 10.6 Å². The maximum atomic E-state index is 11.7. The number of nitrogens with zero attached hydrogens (tertiary/aromatic N) is 2. The molecule has 0 radical (unpaired) electrons. The molecule has 0 aromatic carbocycles. The number of aromatic nitrogens is 2. The quantitative estimate of drug-likeness (QED) is 0.806. The monoisotopic (exact) mass is 270 g/mol. The fraction of sp³-hybridized carbons (Fsp3) is 0.273. The number of hydrogen-bond donors (Lipinski definition) is 0. The van der Waals surface area contributed by atoms with Crippen LogP contribution in [0.15, 0.2) is 17.5 Å². The second kappa shape index (κ2) is 4.89. The molecule has 0 amide bonds. The van der Waals surface area contributed by atoms with Gasteiger partial charge in [0.15, 0.2) is 5.69 Å². The highest BCUT2D eigenvalue weighted by atomic mass is 35.5. The lowest BCUT2D eigenvalue weighted by atomic mass is 10.3. The van der Waals surface area contributed by atoms with E-state index in [0.29, 0.717) is 17.3 Å². The molecule has 0 atom stereocenters. The molecule has 2 heterocycles. The Morgan fingerprint density at radius 3 is 3.00 bits per heavy atom. The Hall–Kier alpha value is -1.33. The fourth-order valence-corrected chi connectivity index (χ4v) is 2.60. The Kier molecular flexibility index (Phi) is 3.49. The molecule has 0 N–H and O–H groups in total. The Balaban J connectivity index is 2.46. The molecule has 2 aromatic rings. The van der Waals surface area contributed by atoms with Crippen molar-refractivity contribution >= 4 is 28.9 Å². The largest absolute Gasteiger partial charge is 0.461 e. The van der Waals surface area contributed by atoms with Crippen LogP contribution in [-0.4, -0.2) is 22.4 Å². The topological polar surface area (TPSA) is 44.1 Å². The lowest BCUT2D eigenvalue weighted by Crippen LogP contribution is -2.10. The Bertz CT molecular complexity index is 534. The molecule has 0 aliphatic rings. The van der Waals surface area contributed by atoms with Crippen LogP contribution < -0.4 is 0 Å². The number of hydrogen-bond acceptors (Lipinski definition) is 4. The van der Waals surface area contributed by atoms with Crippen LogP contribution in [-0.2, 0) is 11.8 Å². The van der Waals surface area contributed by atoms with Crippen LogP contribution in [0.2, 0.25) is 5.02 Å². The lowest BCUT2D eigenvalue weighted by Gasteiger charge is -2.01. The molecule has 0 aliphatic heterocycles. The molecule has 90 valence electrons. The van der Waals surface area contributed by atoms with E-state index in [-0.39, 0.29) is 5.69 Å². The van der Waals surface area contributed by atoms with Gasteiger partial charge in [-0.3, -0.25) is 4.68 Å². The molecule has 0 bridgehead atoms. The zero-order chi connectivity index (χ0) is 12.4. The first kappa shape index (κ1) is 12.1. The molecular weight excluding hydrogens is 260 g/mol. The van der Waals surface area contributed by atoms with E-state index in [1.165, 1.54) is 16.0 Å². The van der Waals surface area contributed by atoms with Crippen molar-refractivity contribution in [1.82, 2.24) is 9.78 Å². The summed E-state index contributed by atoms with van der Waals surface area (Å²) in [5.74, 6) is -0.449. The molecule has 17 heavy (non-hydrogen) atoms. The minimum absolute atomic E-state index is 0.289. The molecule has 0 fully saturated rings. The van der Waals surface area contributed by atoms with Gasteiger partial charge in [0.05, 0.1) is 11.5 Å². The molecule has 0 spiro atoms. The summed E-state index contributed by atoms with van der Waals surface area (Å²) in [6.07, 6.45) is 0. The van der Waals surface area contributed by atoms with Crippen LogP contribution in [0.1, 0.15) is 17.4 Å². The van der Waals surface area contributed by atoms with Crippen molar-refractivity contribution in [2.45, 2.75) is 6.92 Å². The second-order valence-corrected chi connectivity index (χ2v) is 4.66. The molecule has 6 heteroatoms. The van der Waals surface area contributed by atoms with Gasteiger partial charge in [0, 0.05) is 7.05 Å². The summed E-state index contributed by atoms with van der Waals surface area (Å²) in [5, 5.41) is 6.53. The van der Waals surface area contributed by atoms with Crippen molar-refractivity contribution in [2.75, 3.05) is 6.61 Å². The summed E-state index contributed by atoms with van der Waals surface area (Å²) in [5.41, 5.74) is 0.907. The molecule has 0 saturated carbocycles. The third-order valence-electron chi connectivity index (χ3n) is 2.21. The van der Waals surface area contributed by atoms with E-state index >= 15 is 0 Å². The van der Waals surface area contributed by atoms with Crippen LogP contribution in [0.3, 0.4) is 0 Å². The van der Waals surface area contributed by atoms with Gasteiger partial charge in [-0.2, -0.15) is 5.10 Å². The number of rotatable bonds is 3. The predicted molar refractivity (Wildman–Crippen MR) is 67.5 cm³/mol. The number of ether oxygens (including phenoxy) is 1. The number of thiophene rings is 1. The van der Waals surface area contributed by atoms with Crippen LogP contribution in [0.25, 0.3) is 10.6 Å². The summed E-state index contributed by atoms with van der Waals surface area (Å²) in [7, 11) is 1.68. The number of aryl methyl sites for hydroxylation is 1. The highest BCUT2D eigenvalue weighted by molar-refractivity contribution is 7.13.